The topological polar surface area (TPSA) is 111 Å². The number of azide groups is 1. The summed E-state index contributed by atoms with van der Waals surface area (Å²) in [5.74, 6) is -0.942. The van der Waals surface area contributed by atoms with Gasteiger partial charge >= 0.3 is 11.9 Å². The minimum Gasteiger partial charge on any atom is -0.462 e. The van der Waals surface area contributed by atoms with E-state index in [1.165, 1.54) is 6.08 Å². The van der Waals surface area contributed by atoms with E-state index in [1.54, 1.807) is 57.2 Å². The molecule has 26 heavy (non-hydrogen) atoms. The van der Waals surface area contributed by atoms with Crippen LogP contribution in [0.5, 0.6) is 0 Å². The van der Waals surface area contributed by atoms with Crippen molar-refractivity contribution in [2.45, 2.75) is 39.2 Å². The Morgan fingerprint density at radius 2 is 1.92 bits per heavy atom. The Balaban J connectivity index is 2.09. The molecule has 0 spiro atoms. The number of benzene rings is 1. The van der Waals surface area contributed by atoms with Crippen LogP contribution in [0.1, 0.15) is 31.1 Å². The van der Waals surface area contributed by atoms with Crippen molar-refractivity contribution in [3.63, 3.8) is 0 Å². The summed E-state index contributed by atoms with van der Waals surface area (Å²) in [5.41, 5.74) is 8.28. The maximum absolute atomic E-state index is 12.3. The van der Waals surface area contributed by atoms with E-state index in [-0.39, 0.29) is 6.61 Å². The summed E-state index contributed by atoms with van der Waals surface area (Å²) in [4.78, 5) is 26.9. The molecule has 2 rings (SSSR count). The Morgan fingerprint density at radius 3 is 2.54 bits per heavy atom. The van der Waals surface area contributed by atoms with Crippen molar-refractivity contribution in [1.82, 2.24) is 0 Å². The molecule has 1 aromatic carbocycles. The highest BCUT2D eigenvalue weighted by Crippen LogP contribution is 2.21. The third-order valence-electron chi connectivity index (χ3n) is 3.56. The van der Waals surface area contributed by atoms with Crippen LogP contribution in [-0.4, -0.2) is 37.0 Å². The molecule has 138 valence electrons. The van der Waals surface area contributed by atoms with Crippen LogP contribution in [0, 0.1) is 5.41 Å². The molecule has 0 radical (unpaired) electrons. The van der Waals surface area contributed by atoms with Crippen molar-refractivity contribution < 1.29 is 23.8 Å². The van der Waals surface area contributed by atoms with Crippen molar-refractivity contribution in [2.75, 3.05) is 6.61 Å². The van der Waals surface area contributed by atoms with E-state index in [4.69, 9.17) is 19.7 Å². The molecule has 8 nitrogen and oxygen atoms in total. The van der Waals surface area contributed by atoms with Crippen LogP contribution in [0.25, 0.3) is 10.4 Å². The largest absolute Gasteiger partial charge is 0.462 e. The maximum atomic E-state index is 12.3. The number of nitrogens with zero attached hydrogens (tertiary/aromatic N) is 3. The molecular formula is C18H21N3O5. The molecule has 1 aromatic rings. The van der Waals surface area contributed by atoms with E-state index >= 15 is 0 Å². The van der Waals surface area contributed by atoms with E-state index in [9.17, 15) is 9.59 Å². The number of ether oxygens (including phenoxy) is 3. The van der Waals surface area contributed by atoms with E-state index in [2.05, 4.69) is 10.0 Å². The predicted octanol–water partition coefficient (Wildman–Crippen LogP) is 3.39. The van der Waals surface area contributed by atoms with Crippen LogP contribution in [0.15, 0.2) is 47.6 Å². The van der Waals surface area contributed by atoms with Gasteiger partial charge in [0.15, 0.2) is 6.23 Å². The predicted molar refractivity (Wildman–Crippen MR) is 93.0 cm³/mol. The fraction of sp³-hybridized carbons (Fsp3) is 0.444. The second kappa shape index (κ2) is 8.51. The number of hydrogen-bond donors (Lipinski definition) is 0. The molecule has 0 N–H and O–H groups in total. The van der Waals surface area contributed by atoms with Crippen LogP contribution in [0.2, 0.25) is 0 Å². The summed E-state index contributed by atoms with van der Waals surface area (Å²) in [6.45, 7) is 5.05. The molecule has 0 saturated carbocycles. The summed E-state index contributed by atoms with van der Waals surface area (Å²) in [5, 5.41) is 3.47. The zero-order valence-corrected chi connectivity index (χ0v) is 14.9. The van der Waals surface area contributed by atoms with Crippen LogP contribution in [0.4, 0.5) is 0 Å². The van der Waals surface area contributed by atoms with Crippen LogP contribution < -0.4 is 0 Å². The molecule has 0 aromatic heterocycles. The van der Waals surface area contributed by atoms with Gasteiger partial charge in [0.05, 0.1) is 11.0 Å². The second-order valence-electron chi connectivity index (χ2n) is 6.74. The minimum atomic E-state index is -0.856. The van der Waals surface area contributed by atoms with Gasteiger partial charge in [0.1, 0.15) is 18.8 Å². The smallest absolute Gasteiger partial charge is 0.338 e. The lowest BCUT2D eigenvalue weighted by Crippen LogP contribution is -2.42. The lowest BCUT2D eigenvalue weighted by atomic mass is 9.97. The Labute approximate surface area is 151 Å². The van der Waals surface area contributed by atoms with Gasteiger partial charge in [-0.1, -0.05) is 29.4 Å². The molecule has 0 saturated heterocycles. The Hall–Kier alpha value is -2.83. The normalized spacial score (nSPS) is 22.2. The van der Waals surface area contributed by atoms with Crippen LogP contribution in [0.3, 0.4) is 0 Å². The standard InChI is InChI=1S/C18H21N3O5/c1-18(2,3)17(23)24-11-14-13(9-10-15(25-14)20-21-19)26-16(22)12-7-5-4-6-8-12/h4-10,13-15H,11H2,1-3H3/t13-,14+,15-/m0/s1. The molecule has 0 unspecified atom stereocenters. The van der Waals surface area contributed by atoms with Crippen molar-refractivity contribution in [3.8, 4) is 0 Å². The van der Waals surface area contributed by atoms with Gasteiger partial charge < -0.3 is 14.2 Å². The van der Waals surface area contributed by atoms with Crippen molar-refractivity contribution >= 4 is 11.9 Å². The Kier molecular flexibility index (Phi) is 6.38. The molecule has 8 heteroatoms. The summed E-state index contributed by atoms with van der Waals surface area (Å²) >= 11 is 0. The Morgan fingerprint density at radius 1 is 1.23 bits per heavy atom. The molecular weight excluding hydrogens is 338 g/mol. The van der Waals surface area contributed by atoms with Gasteiger partial charge in [0, 0.05) is 4.91 Å². The lowest BCUT2D eigenvalue weighted by molar-refractivity contribution is -0.162. The number of rotatable bonds is 5. The first-order chi connectivity index (χ1) is 12.3. The molecule has 1 heterocycles. The quantitative estimate of drug-likeness (QED) is 0.263. The SMILES string of the molecule is CC(C)(C)C(=O)OC[C@H]1O[C@H](N=[N+]=[N-])C=C[C@@H]1OC(=O)c1ccccc1. The van der Waals surface area contributed by atoms with Gasteiger partial charge in [-0.15, -0.1) is 0 Å². The monoisotopic (exact) mass is 359 g/mol. The number of carbonyl (C=O) groups excluding carboxylic acids is 2. The molecule has 0 bridgehead atoms. The molecule has 1 aliphatic rings. The van der Waals surface area contributed by atoms with Gasteiger partial charge in [0.25, 0.3) is 0 Å². The van der Waals surface area contributed by atoms with Crippen LogP contribution in [-0.2, 0) is 19.0 Å². The molecule has 0 fully saturated rings. The molecule has 3 atom stereocenters. The zero-order valence-electron chi connectivity index (χ0n) is 14.9. The van der Waals surface area contributed by atoms with Gasteiger partial charge in [-0.05, 0) is 44.5 Å². The third-order valence-corrected chi connectivity index (χ3v) is 3.56. The minimum absolute atomic E-state index is 0.134. The fourth-order valence-corrected chi connectivity index (χ4v) is 2.14. The van der Waals surface area contributed by atoms with E-state index in [0.717, 1.165) is 0 Å². The first-order valence-electron chi connectivity index (χ1n) is 8.12. The average molecular weight is 359 g/mol. The van der Waals surface area contributed by atoms with Gasteiger partial charge in [-0.3, -0.25) is 4.79 Å². The van der Waals surface area contributed by atoms with Crippen molar-refractivity contribution in [3.05, 3.63) is 58.5 Å². The molecule has 0 amide bonds. The summed E-state index contributed by atoms with van der Waals surface area (Å²) < 4.78 is 16.3. The van der Waals surface area contributed by atoms with Crippen molar-refractivity contribution in [1.29, 1.82) is 0 Å². The van der Waals surface area contributed by atoms with Gasteiger partial charge in [0.2, 0.25) is 0 Å². The van der Waals surface area contributed by atoms with E-state index < -0.39 is 35.8 Å². The highest BCUT2D eigenvalue weighted by molar-refractivity contribution is 5.89. The first kappa shape index (κ1) is 19.5. The average Bonchev–Trinajstić information content (AvgIpc) is 2.61. The van der Waals surface area contributed by atoms with E-state index in [0.29, 0.717) is 5.56 Å². The lowest BCUT2D eigenvalue weighted by Gasteiger charge is -2.30. The number of esters is 2. The zero-order chi connectivity index (χ0) is 19.2. The van der Waals surface area contributed by atoms with Gasteiger partial charge in [-0.25, -0.2) is 4.79 Å². The number of carbonyl (C=O) groups is 2. The first-order valence-corrected chi connectivity index (χ1v) is 8.12. The molecule has 1 aliphatic heterocycles. The van der Waals surface area contributed by atoms with Gasteiger partial charge in [-0.2, -0.15) is 0 Å². The second-order valence-corrected chi connectivity index (χ2v) is 6.74. The van der Waals surface area contributed by atoms with E-state index in [1.807, 2.05) is 0 Å². The third kappa shape index (κ3) is 5.34. The summed E-state index contributed by atoms with van der Waals surface area (Å²) in [7, 11) is 0. The fourth-order valence-electron chi connectivity index (χ4n) is 2.14. The highest BCUT2D eigenvalue weighted by atomic mass is 16.6. The highest BCUT2D eigenvalue weighted by Gasteiger charge is 2.33. The van der Waals surface area contributed by atoms with Crippen molar-refractivity contribution in [2.24, 2.45) is 10.5 Å². The van der Waals surface area contributed by atoms with Crippen LogP contribution >= 0.6 is 0 Å². The molecule has 0 aliphatic carbocycles. The number of hydrogen-bond acceptors (Lipinski definition) is 6. The summed E-state index contributed by atoms with van der Waals surface area (Å²) in [6.07, 6.45) is 0.643. The summed E-state index contributed by atoms with van der Waals surface area (Å²) in [6, 6.07) is 8.51. The Bertz CT molecular complexity index is 720. The maximum Gasteiger partial charge on any atom is 0.338 e.